The van der Waals surface area contributed by atoms with Crippen LogP contribution in [0.4, 0.5) is 8.78 Å². The van der Waals surface area contributed by atoms with Gasteiger partial charge < -0.3 is 9.84 Å². The summed E-state index contributed by atoms with van der Waals surface area (Å²) in [5.41, 5.74) is 1.10. The molecule has 2 aromatic rings. The molecule has 0 fully saturated rings. The molecule has 0 aliphatic carbocycles. The minimum atomic E-state index is -0.775. The molecule has 0 aromatic heterocycles. The molecule has 2 aromatic carbocycles. The largest absolute Gasteiger partial charge is 0.485 e. The molecule has 1 N–H and O–H groups in total. The standard InChI is InChI=1S/C15H11ClF2O2/c16-11-4-1-8(5-12(11)18)14-7-13(19)10-3-2-9(17)6-15(10)20-14/h1-6,13-14,19H,7H2/t13-,14?/m0/s1. The summed E-state index contributed by atoms with van der Waals surface area (Å²) in [6.45, 7) is 0. The second-order valence-corrected chi connectivity index (χ2v) is 5.12. The van der Waals surface area contributed by atoms with E-state index in [1.165, 1.54) is 30.3 Å². The van der Waals surface area contributed by atoms with E-state index >= 15 is 0 Å². The normalized spacial score (nSPS) is 21.2. The van der Waals surface area contributed by atoms with Gasteiger partial charge in [-0.05, 0) is 29.8 Å². The van der Waals surface area contributed by atoms with Crippen LogP contribution in [-0.4, -0.2) is 5.11 Å². The van der Waals surface area contributed by atoms with Crippen molar-refractivity contribution in [3.8, 4) is 5.75 Å². The van der Waals surface area contributed by atoms with Crippen molar-refractivity contribution in [1.82, 2.24) is 0 Å². The number of halogens is 3. The first kappa shape index (κ1) is 13.3. The van der Waals surface area contributed by atoms with Crippen LogP contribution in [-0.2, 0) is 0 Å². The van der Waals surface area contributed by atoms with Crippen LogP contribution in [0.5, 0.6) is 5.75 Å². The number of aliphatic hydroxyl groups excluding tert-OH is 1. The smallest absolute Gasteiger partial charge is 0.142 e. The molecule has 5 heteroatoms. The Hall–Kier alpha value is -1.65. The number of hydrogen-bond donors (Lipinski definition) is 1. The van der Waals surface area contributed by atoms with Gasteiger partial charge >= 0.3 is 0 Å². The minimum Gasteiger partial charge on any atom is -0.485 e. The summed E-state index contributed by atoms with van der Waals surface area (Å²) in [6.07, 6.45) is -1.03. The molecule has 3 rings (SSSR count). The average molecular weight is 297 g/mol. The molecule has 0 saturated carbocycles. The zero-order valence-electron chi connectivity index (χ0n) is 10.3. The van der Waals surface area contributed by atoms with Gasteiger partial charge in [0.05, 0.1) is 11.1 Å². The van der Waals surface area contributed by atoms with Crippen LogP contribution in [0, 0.1) is 11.6 Å². The predicted molar refractivity (Wildman–Crippen MR) is 70.8 cm³/mol. The van der Waals surface area contributed by atoms with E-state index in [1.54, 1.807) is 6.07 Å². The second kappa shape index (κ2) is 5.04. The number of ether oxygens (including phenoxy) is 1. The molecule has 2 atom stereocenters. The third kappa shape index (κ3) is 2.37. The lowest BCUT2D eigenvalue weighted by atomic mass is 9.95. The SMILES string of the molecule is O[C@H]1CC(c2ccc(Cl)c(F)c2)Oc2cc(F)ccc21. The highest BCUT2D eigenvalue weighted by molar-refractivity contribution is 6.30. The van der Waals surface area contributed by atoms with Gasteiger partial charge in [0.2, 0.25) is 0 Å². The van der Waals surface area contributed by atoms with E-state index in [2.05, 4.69) is 0 Å². The van der Waals surface area contributed by atoms with E-state index in [-0.39, 0.29) is 17.2 Å². The molecule has 1 heterocycles. The Morgan fingerprint density at radius 2 is 1.95 bits per heavy atom. The Balaban J connectivity index is 1.96. The second-order valence-electron chi connectivity index (χ2n) is 4.71. The van der Waals surface area contributed by atoms with Crippen molar-refractivity contribution in [1.29, 1.82) is 0 Å². The summed E-state index contributed by atoms with van der Waals surface area (Å²) < 4.78 is 32.4. The highest BCUT2D eigenvalue weighted by atomic mass is 35.5. The number of fused-ring (bicyclic) bond motifs is 1. The molecule has 0 radical (unpaired) electrons. The summed E-state index contributed by atoms with van der Waals surface area (Å²) in [5.74, 6) is -0.713. The highest BCUT2D eigenvalue weighted by Gasteiger charge is 2.28. The summed E-state index contributed by atoms with van der Waals surface area (Å²) >= 11 is 5.64. The maximum atomic E-state index is 13.5. The van der Waals surface area contributed by atoms with Crippen LogP contribution in [0.25, 0.3) is 0 Å². The van der Waals surface area contributed by atoms with Gasteiger partial charge in [-0.2, -0.15) is 0 Å². The molecule has 20 heavy (non-hydrogen) atoms. The monoisotopic (exact) mass is 296 g/mol. The molecule has 0 bridgehead atoms. The van der Waals surface area contributed by atoms with Crippen molar-refractivity contribution in [2.24, 2.45) is 0 Å². The van der Waals surface area contributed by atoms with E-state index < -0.39 is 23.8 Å². The van der Waals surface area contributed by atoms with Crippen molar-refractivity contribution in [2.45, 2.75) is 18.6 Å². The Morgan fingerprint density at radius 1 is 1.15 bits per heavy atom. The lowest BCUT2D eigenvalue weighted by Crippen LogP contribution is -2.19. The topological polar surface area (TPSA) is 29.5 Å². The van der Waals surface area contributed by atoms with Gasteiger partial charge in [-0.3, -0.25) is 0 Å². The van der Waals surface area contributed by atoms with E-state index in [9.17, 15) is 13.9 Å². The maximum Gasteiger partial charge on any atom is 0.142 e. The van der Waals surface area contributed by atoms with Crippen LogP contribution < -0.4 is 4.74 Å². The van der Waals surface area contributed by atoms with E-state index in [0.717, 1.165) is 0 Å². The molecular weight excluding hydrogens is 286 g/mol. The molecule has 2 nitrogen and oxygen atoms in total. The van der Waals surface area contributed by atoms with Gasteiger partial charge in [0.1, 0.15) is 23.5 Å². The van der Waals surface area contributed by atoms with Crippen LogP contribution in [0.1, 0.15) is 29.8 Å². The third-order valence-electron chi connectivity index (χ3n) is 3.36. The lowest BCUT2D eigenvalue weighted by Gasteiger charge is -2.30. The molecule has 1 aliphatic rings. The van der Waals surface area contributed by atoms with Gasteiger partial charge in [0.25, 0.3) is 0 Å². The molecule has 1 unspecified atom stereocenters. The predicted octanol–water partition coefficient (Wildman–Crippen LogP) is 4.18. The average Bonchev–Trinajstić information content (AvgIpc) is 2.41. The highest BCUT2D eigenvalue weighted by Crippen LogP contribution is 2.41. The number of hydrogen-bond acceptors (Lipinski definition) is 2. The van der Waals surface area contributed by atoms with Crippen LogP contribution in [0.15, 0.2) is 36.4 Å². The number of aliphatic hydroxyl groups is 1. The maximum absolute atomic E-state index is 13.5. The first-order valence-corrected chi connectivity index (χ1v) is 6.51. The lowest BCUT2D eigenvalue weighted by molar-refractivity contribution is 0.0652. The molecule has 104 valence electrons. The third-order valence-corrected chi connectivity index (χ3v) is 3.66. The molecule has 0 saturated heterocycles. The Labute approximate surface area is 119 Å². The summed E-state index contributed by atoms with van der Waals surface area (Å²) in [4.78, 5) is 0. The molecular formula is C15H11ClF2O2. The van der Waals surface area contributed by atoms with Crippen molar-refractivity contribution in [3.05, 3.63) is 64.2 Å². The first-order valence-electron chi connectivity index (χ1n) is 6.13. The van der Waals surface area contributed by atoms with E-state index in [0.29, 0.717) is 11.1 Å². The van der Waals surface area contributed by atoms with Crippen molar-refractivity contribution in [2.75, 3.05) is 0 Å². The number of benzene rings is 2. The number of rotatable bonds is 1. The summed E-state index contributed by atoms with van der Waals surface area (Å²) in [6, 6.07) is 8.32. The zero-order chi connectivity index (χ0) is 14.3. The van der Waals surface area contributed by atoms with Crippen LogP contribution in [0.2, 0.25) is 5.02 Å². The summed E-state index contributed by atoms with van der Waals surface area (Å²) in [7, 11) is 0. The fourth-order valence-electron chi connectivity index (χ4n) is 2.33. The van der Waals surface area contributed by atoms with E-state index in [1.807, 2.05) is 0 Å². The van der Waals surface area contributed by atoms with Gasteiger partial charge in [0, 0.05) is 18.1 Å². The van der Waals surface area contributed by atoms with Crippen molar-refractivity contribution in [3.63, 3.8) is 0 Å². The van der Waals surface area contributed by atoms with Gasteiger partial charge in [-0.25, -0.2) is 8.78 Å². The Bertz CT molecular complexity index is 660. The van der Waals surface area contributed by atoms with Crippen LogP contribution in [0.3, 0.4) is 0 Å². The first-order chi connectivity index (χ1) is 9.54. The fraction of sp³-hybridized carbons (Fsp3) is 0.200. The Morgan fingerprint density at radius 3 is 2.70 bits per heavy atom. The van der Waals surface area contributed by atoms with E-state index in [4.69, 9.17) is 16.3 Å². The fourth-order valence-corrected chi connectivity index (χ4v) is 2.45. The van der Waals surface area contributed by atoms with Crippen molar-refractivity contribution >= 4 is 11.6 Å². The van der Waals surface area contributed by atoms with Gasteiger partial charge in [0.15, 0.2) is 0 Å². The molecule has 1 aliphatic heterocycles. The van der Waals surface area contributed by atoms with Crippen LogP contribution >= 0.6 is 11.6 Å². The molecule has 0 spiro atoms. The zero-order valence-corrected chi connectivity index (χ0v) is 11.1. The van der Waals surface area contributed by atoms with Crippen molar-refractivity contribution < 1.29 is 18.6 Å². The van der Waals surface area contributed by atoms with Gasteiger partial charge in [-0.1, -0.05) is 17.7 Å². The summed E-state index contributed by atoms with van der Waals surface area (Å²) in [5, 5.41) is 10.1. The minimum absolute atomic E-state index is 0.0246. The van der Waals surface area contributed by atoms with Gasteiger partial charge in [-0.15, -0.1) is 0 Å². The Kier molecular flexibility index (Phi) is 3.36. The quantitative estimate of drug-likeness (QED) is 0.855. The molecule has 0 amide bonds.